The second-order valence-electron chi connectivity index (χ2n) is 7.18. The van der Waals surface area contributed by atoms with Crippen molar-refractivity contribution in [3.63, 3.8) is 0 Å². The van der Waals surface area contributed by atoms with Crippen molar-refractivity contribution < 1.29 is 9.59 Å². The Morgan fingerprint density at radius 3 is 1.83 bits per heavy atom. The highest BCUT2D eigenvalue weighted by Gasteiger charge is 2.40. The number of carbonyl (C=O) groups is 2. The van der Waals surface area contributed by atoms with Gasteiger partial charge in [0.15, 0.2) is 0 Å². The van der Waals surface area contributed by atoms with Gasteiger partial charge in [0.2, 0.25) is 0 Å². The molecule has 3 aromatic carbocycles. The van der Waals surface area contributed by atoms with E-state index in [0.29, 0.717) is 26.9 Å². The van der Waals surface area contributed by atoms with Crippen molar-refractivity contribution in [2.75, 3.05) is 10.2 Å². The van der Waals surface area contributed by atoms with Crippen molar-refractivity contribution in [3.8, 4) is 0 Å². The van der Waals surface area contributed by atoms with E-state index in [1.54, 1.807) is 48.5 Å². The summed E-state index contributed by atoms with van der Waals surface area (Å²) in [5, 5.41) is 4.26. The molecule has 4 nitrogen and oxygen atoms in total. The molecule has 30 heavy (non-hydrogen) atoms. The van der Waals surface area contributed by atoms with E-state index in [0.717, 1.165) is 21.7 Å². The Hall–Kier alpha value is -3.08. The number of hydrogen-bond donors (Lipinski definition) is 1. The first-order chi connectivity index (χ1) is 14.3. The predicted octanol–water partition coefficient (Wildman–Crippen LogP) is 6.01. The maximum absolute atomic E-state index is 13.4. The third-order valence-corrected chi connectivity index (χ3v) is 5.30. The monoisotopic (exact) mass is 436 g/mol. The van der Waals surface area contributed by atoms with Crippen LogP contribution in [0.15, 0.2) is 72.4 Å². The van der Waals surface area contributed by atoms with E-state index in [-0.39, 0.29) is 5.70 Å². The molecule has 1 N–H and O–H groups in total. The lowest BCUT2D eigenvalue weighted by atomic mass is 10.0. The Morgan fingerprint density at radius 1 is 0.733 bits per heavy atom. The number of rotatable bonds is 4. The Kier molecular flexibility index (Phi) is 5.37. The van der Waals surface area contributed by atoms with Crippen LogP contribution in [0.4, 0.5) is 11.4 Å². The molecule has 0 unspecified atom stereocenters. The van der Waals surface area contributed by atoms with Gasteiger partial charge < -0.3 is 5.32 Å². The molecular weight excluding hydrogens is 419 g/mol. The molecule has 2 amide bonds. The third-order valence-electron chi connectivity index (χ3n) is 4.79. The van der Waals surface area contributed by atoms with Gasteiger partial charge in [-0.1, -0.05) is 41.4 Å². The smallest absolute Gasteiger partial charge is 0.282 e. The van der Waals surface area contributed by atoms with Crippen LogP contribution < -0.4 is 10.2 Å². The number of amides is 2. The van der Waals surface area contributed by atoms with Crippen LogP contribution in [0.5, 0.6) is 0 Å². The SMILES string of the molecule is Cc1cc(C)cc(NC2=C(c3ccc(Cl)cc3)C(=O)N(c3ccc(Cl)cc3)C2=O)c1. The van der Waals surface area contributed by atoms with Crippen LogP contribution in [0.25, 0.3) is 5.57 Å². The number of imide groups is 1. The zero-order chi connectivity index (χ0) is 21.4. The van der Waals surface area contributed by atoms with Gasteiger partial charge in [-0.05, 0) is 79.1 Å². The molecule has 6 heteroatoms. The molecule has 1 heterocycles. The summed E-state index contributed by atoms with van der Waals surface area (Å²) in [5.41, 5.74) is 4.44. The third kappa shape index (κ3) is 3.84. The van der Waals surface area contributed by atoms with Crippen molar-refractivity contribution in [2.45, 2.75) is 13.8 Å². The van der Waals surface area contributed by atoms with Gasteiger partial charge in [0, 0.05) is 15.7 Å². The highest BCUT2D eigenvalue weighted by Crippen LogP contribution is 2.34. The normalized spacial score (nSPS) is 13.9. The lowest BCUT2D eigenvalue weighted by Crippen LogP contribution is -2.32. The lowest BCUT2D eigenvalue weighted by molar-refractivity contribution is -0.120. The van der Waals surface area contributed by atoms with Gasteiger partial charge in [-0.2, -0.15) is 0 Å². The fraction of sp³-hybridized carbons (Fsp3) is 0.0833. The van der Waals surface area contributed by atoms with E-state index < -0.39 is 11.8 Å². The molecule has 4 rings (SSSR count). The number of benzene rings is 3. The molecule has 0 fully saturated rings. The highest BCUT2D eigenvalue weighted by atomic mass is 35.5. The van der Waals surface area contributed by atoms with E-state index in [9.17, 15) is 9.59 Å². The second-order valence-corrected chi connectivity index (χ2v) is 8.05. The minimum atomic E-state index is -0.425. The van der Waals surface area contributed by atoms with E-state index in [1.807, 2.05) is 32.0 Å². The molecule has 3 aromatic rings. The molecular formula is C24H18Cl2N2O2. The first-order valence-electron chi connectivity index (χ1n) is 9.33. The van der Waals surface area contributed by atoms with E-state index >= 15 is 0 Å². The minimum Gasteiger partial charge on any atom is -0.350 e. The summed E-state index contributed by atoms with van der Waals surface area (Å²) in [6.07, 6.45) is 0. The molecule has 0 saturated heterocycles. The largest absolute Gasteiger partial charge is 0.350 e. The number of anilines is 2. The number of aryl methyl sites for hydroxylation is 2. The first-order valence-corrected chi connectivity index (χ1v) is 10.1. The Labute approximate surface area is 184 Å². The molecule has 0 radical (unpaired) electrons. The van der Waals surface area contributed by atoms with Crippen molar-refractivity contribution >= 4 is 52.0 Å². The van der Waals surface area contributed by atoms with Gasteiger partial charge in [-0.25, -0.2) is 4.90 Å². The van der Waals surface area contributed by atoms with E-state index in [1.165, 1.54) is 0 Å². The quantitative estimate of drug-likeness (QED) is 0.509. The zero-order valence-electron chi connectivity index (χ0n) is 16.4. The summed E-state index contributed by atoms with van der Waals surface area (Å²) in [4.78, 5) is 27.9. The molecule has 0 spiro atoms. The van der Waals surface area contributed by atoms with Gasteiger partial charge in [0.25, 0.3) is 11.8 Å². The van der Waals surface area contributed by atoms with Crippen LogP contribution in [0.1, 0.15) is 16.7 Å². The lowest BCUT2D eigenvalue weighted by Gasteiger charge is -2.15. The second kappa shape index (κ2) is 7.98. The zero-order valence-corrected chi connectivity index (χ0v) is 17.9. The summed E-state index contributed by atoms with van der Waals surface area (Å²) in [5.74, 6) is -0.831. The Bertz CT molecular complexity index is 1160. The molecule has 0 atom stereocenters. The Balaban J connectivity index is 1.83. The molecule has 1 aliphatic rings. The molecule has 0 aliphatic carbocycles. The molecule has 0 aromatic heterocycles. The fourth-order valence-corrected chi connectivity index (χ4v) is 3.80. The highest BCUT2D eigenvalue weighted by molar-refractivity contribution is 6.46. The van der Waals surface area contributed by atoms with Crippen molar-refractivity contribution in [1.82, 2.24) is 0 Å². The summed E-state index contributed by atoms with van der Waals surface area (Å²) in [6, 6.07) is 19.4. The van der Waals surface area contributed by atoms with Crippen molar-refractivity contribution in [1.29, 1.82) is 0 Å². The summed E-state index contributed by atoms with van der Waals surface area (Å²) < 4.78 is 0. The van der Waals surface area contributed by atoms with Crippen molar-refractivity contribution in [2.24, 2.45) is 0 Å². The average Bonchev–Trinajstić information content (AvgIpc) is 2.93. The number of carbonyl (C=O) groups excluding carboxylic acids is 2. The van der Waals surface area contributed by atoms with Gasteiger partial charge in [-0.15, -0.1) is 0 Å². The number of hydrogen-bond acceptors (Lipinski definition) is 3. The molecule has 1 aliphatic heterocycles. The topological polar surface area (TPSA) is 49.4 Å². The number of nitrogens with one attached hydrogen (secondary N) is 1. The molecule has 0 saturated carbocycles. The van der Waals surface area contributed by atoms with E-state index in [2.05, 4.69) is 5.32 Å². The van der Waals surface area contributed by atoms with Crippen LogP contribution in [0.3, 0.4) is 0 Å². The number of halogens is 2. The van der Waals surface area contributed by atoms with Crippen LogP contribution >= 0.6 is 23.2 Å². The molecule has 150 valence electrons. The maximum atomic E-state index is 13.4. The number of nitrogens with zero attached hydrogens (tertiary/aromatic N) is 1. The van der Waals surface area contributed by atoms with Crippen LogP contribution in [0.2, 0.25) is 10.0 Å². The fourth-order valence-electron chi connectivity index (χ4n) is 3.55. The summed E-state index contributed by atoms with van der Waals surface area (Å²) >= 11 is 12.0. The van der Waals surface area contributed by atoms with Gasteiger partial charge in [-0.3, -0.25) is 9.59 Å². The van der Waals surface area contributed by atoms with Gasteiger partial charge in [0.1, 0.15) is 5.70 Å². The summed E-state index contributed by atoms with van der Waals surface area (Å²) in [7, 11) is 0. The minimum absolute atomic E-state index is 0.224. The summed E-state index contributed by atoms with van der Waals surface area (Å²) in [6.45, 7) is 3.96. The molecule has 0 bridgehead atoms. The first kappa shape index (κ1) is 20.2. The standard InChI is InChI=1S/C24H18Cl2N2O2/c1-14-11-15(2)13-19(12-14)27-22-21(16-3-5-17(25)6-4-16)23(29)28(24(22)30)20-9-7-18(26)8-10-20/h3-13,27H,1-2H3. The van der Waals surface area contributed by atoms with Crippen LogP contribution in [-0.4, -0.2) is 11.8 Å². The predicted molar refractivity (Wildman–Crippen MR) is 122 cm³/mol. The van der Waals surface area contributed by atoms with E-state index in [4.69, 9.17) is 23.2 Å². The van der Waals surface area contributed by atoms with Gasteiger partial charge >= 0.3 is 0 Å². The van der Waals surface area contributed by atoms with Gasteiger partial charge in [0.05, 0.1) is 11.3 Å². The van der Waals surface area contributed by atoms with Crippen LogP contribution in [-0.2, 0) is 9.59 Å². The Morgan fingerprint density at radius 2 is 1.27 bits per heavy atom. The average molecular weight is 437 g/mol. The maximum Gasteiger partial charge on any atom is 0.282 e. The van der Waals surface area contributed by atoms with Crippen molar-refractivity contribution in [3.05, 3.63) is 99.2 Å². The van der Waals surface area contributed by atoms with Crippen LogP contribution in [0, 0.1) is 13.8 Å².